The van der Waals surface area contributed by atoms with E-state index in [1.54, 1.807) is 0 Å². The van der Waals surface area contributed by atoms with Crippen LogP contribution in [0.4, 0.5) is 0 Å². The van der Waals surface area contributed by atoms with Crippen molar-refractivity contribution in [3.63, 3.8) is 0 Å². The van der Waals surface area contributed by atoms with E-state index < -0.39 is 5.41 Å². The third-order valence-electron chi connectivity index (χ3n) is 13.2. The van der Waals surface area contributed by atoms with Gasteiger partial charge in [0, 0.05) is 38.4 Å². The Morgan fingerprint density at radius 3 is 1.88 bits per heavy atom. The van der Waals surface area contributed by atoms with Gasteiger partial charge in [-0.3, -0.25) is 0 Å². The molecule has 1 spiro atoms. The third kappa shape index (κ3) is 3.99. The normalized spacial score (nSPS) is 16.6. The van der Waals surface area contributed by atoms with Gasteiger partial charge >= 0.3 is 0 Å². The number of para-hydroxylation sites is 4. The smallest absolute Gasteiger partial charge is 0.142 e. The summed E-state index contributed by atoms with van der Waals surface area (Å²) in [5.74, 6) is 0. The molecule has 0 N–H and O–H groups in total. The van der Waals surface area contributed by atoms with Crippen LogP contribution in [0.3, 0.4) is 0 Å². The Morgan fingerprint density at radius 2 is 1.04 bits per heavy atom. The zero-order valence-corrected chi connectivity index (χ0v) is 31.2. The van der Waals surface area contributed by atoms with E-state index in [-0.39, 0.29) is 0 Å². The molecule has 8 aromatic carbocycles. The van der Waals surface area contributed by atoms with Crippen molar-refractivity contribution in [1.29, 1.82) is 0 Å². The van der Waals surface area contributed by atoms with Crippen molar-refractivity contribution in [2.45, 2.75) is 18.3 Å². The number of allylic oxidation sites excluding steroid dienone is 4. The van der Waals surface area contributed by atoms with Crippen LogP contribution in [0.15, 0.2) is 192 Å². The van der Waals surface area contributed by atoms with Gasteiger partial charge in [-0.05, 0) is 92.8 Å². The summed E-state index contributed by atoms with van der Waals surface area (Å²) in [6.45, 7) is 0. The van der Waals surface area contributed by atoms with E-state index in [2.05, 4.69) is 187 Å². The van der Waals surface area contributed by atoms with Crippen LogP contribution in [-0.2, 0) is 5.41 Å². The molecule has 0 bridgehead atoms. The first-order valence-corrected chi connectivity index (χ1v) is 20.1. The minimum absolute atomic E-state index is 0.499. The number of nitrogens with zero attached hydrogens (tertiary/aromatic N) is 1. The summed E-state index contributed by atoms with van der Waals surface area (Å²) in [6, 6.07) is 65.1. The molecule has 1 atom stereocenters. The van der Waals surface area contributed by atoms with Crippen LogP contribution in [0.1, 0.15) is 46.2 Å². The number of aromatic nitrogens is 1. The van der Waals surface area contributed by atoms with E-state index in [0.717, 1.165) is 24.0 Å². The summed E-state index contributed by atoms with van der Waals surface area (Å²) in [4.78, 5) is 0. The lowest BCUT2D eigenvalue weighted by Gasteiger charge is -2.31. The Morgan fingerprint density at radius 1 is 0.421 bits per heavy atom. The van der Waals surface area contributed by atoms with Crippen molar-refractivity contribution < 1.29 is 4.42 Å². The molecular weight excluding hydrogens is 691 g/mol. The largest absolute Gasteiger partial charge is 0.455 e. The van der Waals surface area contributed by atoms with E-state index >= 15 is 0 Å². The maximum Gasteiger partial charge on any atom is 0.142 e. The molecule has 0 radical (unpaired) electrons. The van der Waals surface area contributed by atoms with Gasteiger partial charge in [0.15, 0.2) is 0 Å². The van der Waals surface area contributed by atoms with E-state index in [1.165, 1.54) is 105 Å². The number of benzene rings is 8. The number of fused-ring (bicyclic) bond motifs is 17. The summed E-state index contributed by atoms with van der Waals surface area (Å²) in [7, 11) is 0. The van der Waals surface area contributed by atoms with Crippen LogP contribution >= 0.6 is 0 Å². The summed E-state index contributed by atoms with van der Waals surface area (Å²) in [6.07, 6.45) is 6.63. The van der Waals surface area contributed by atoms with Gasteiger partial charge in [0.05, 0.1) is 16.4 Å². The predicted octanol–water partition coefficient (Wildman–Crippen LogP) is 14.3. The molecule has 0 fully saturated rings. The molecule has 57 heavy (non-hydrogen) atoms. The second-order valence-electron chi connectivity index (χ2n) is 15.8. The van der Waals surface area contributed by atoms with Gasteiger partial charge in [0.1, 0.15) is 11.2 Å². The van der Waals surface area contributed by atoms with Crippen molar-refractivity contribution in [3.05, 3.63) is 221 Å². The van der Waals surface area contributed by atoms with Gasteiger partial charge in [0.25, 0.3) is 0 Å². The number of furan rings is 1. The lowest BCUT2D eigenvalue weighted by Crippen LogP contribution is -2.26. The Kier molecular flexibility index (Phi) is 6.24. The summed E-state index contributed by atoms with van der Waals surface area (Å²) in [5, 5.41) is 4.92. The fraction of sp³-hybridized carbons (Fsp3) is 0.0545. The first kappa shape index (κ1) is 31.1. The predicted molar refractivity (Wildman–Crippen MR) is 236 cm³/mol. The highest BCUT2D eigenvalue weighted by Gasteiger charge is 2.53. The molecule has 13 rings (SSSR count). The lowest BCUT2D eigenvalue weighted by molar-refractivity contribution is 0.667. The number of hydrogen-bond donors (Lipinski definition) is 0. The zero-order valence-electron chi connectivity index (χ0n) is 31.2. The van der Waals surface area contributed by atoms with Gasteiger partial charge in [0.2, 0.25) is 0 Å². The van der Waals surface area contributed by atoms with Gasteiger partial charge in [-0.2, -0.15) is 0 Å². The van der Waals surface area contributed by atoms with Crippen LogP contribution in [0.5, 0.6) is 0 Å². The molecule has 1 unspecified atom stereocenters. The van der Waals surface area contributed by atoms with Crippen molar-refractivity contribution in [3.8, 4) is 27.9 Å². The molecule has 0 saturated carbocycles. The third-order valence-corrected chi connectivity index (χ3v) is 13.2. The fourth-order valence-corrected chi connectivity index (χ4v) is 10.9. The summed E-state index contributed by atoms with van der Waals surface area (Å²) in [5.41, 5.74) is 21.1. The summed E-state index contributed by atoms with van der Waals surface area (Å²) < 4.78 is 9.01. The molecule has 3 aliphatic carbocycles. The maximum absolute atomic E-state index is 6.48. The van der Waals surface area contributed by atoms with E-state index in [9.17, 15) is 0 Å². The minimum atomic E-state index is -0.499. The van der Waals surface area contributed by atoms with E-state index in [4.69, 9.17) is 4.42 Å². The monoisotopic (exact) mass is 725 g/mol. The lowest BCUT2D eigenvalue weighted by atomic mass is 9.70. The second kappa shape index (κ2) is 11.4. The molecule has 2 heteroatoms. The molecule has 0 aliphatic heterocycles. The molecule has 3 aliphatic rings. The topological polar surface area (TPSA) is 18.1 Å². The molecular formula is C55H35NO. The van der Waals surface area contributed by atoms with Crippen molar-refractivity contribution in [1.82, 2.24) is 4.57 Å². The molecule has 0 saturated heterocycles. The van der Waals surface area contributed by atoms with Crippen LogP contribution in [0.25, 0.3) is 82.8 Å². The van der Waals surface area contributed by atoms with E-state index in [0.29, 0.717) is 0 Å². The minimum Gasteiger partial charge on any atom is -0.455 e. The number of hydrogen-bond acceptors (Lipinski definition) is 1. The highest BCUT2D eigenvalue weighted by molar-refractivity contribution is 6.15. The average Bonchev–Trinajstić information content (AvgIpc) is 4.00. The highest BCUT2D eigenvalue weighted by atomic mass is 16.3. The Bertz CT molecular complexity index is 3410. The van der Waals surface area contributed by atoms with Gasteiger partial charge in [-0.25, -0.2) is 0 Å². The highest BCUT2D eigenvalue weighted by Crippen LogP contribution is 2.65. The van der Waals surface area contributed by atoms with Gasteiger partial charge in [-0.15, -0.1) is 0 Å². The van der Waals surface area contributed by atoms with Crippen molar-refractivity contribution in [2.75, 3.05) is 0 Å². The quantitative estimate of drug-likeness (QED) is 0.177. The SMILES string of the molecule is C1=C(c2cccc3c2-c2ccccc2C32c3ccccc3-c3ccc4c5ccccc5n(-c5ccccc5)c4c32)CCC(c2cccc3c2oc2ccccc23)=C1. The maximum atomic E-state index is 6.48. The van der Waals surface area contributed by atoms with Crippen molar-refractivity contribution in [2.24, 2.45) is 0 Å². The Balaban J connectivity index is 1.08. The van der Waals surface area contributed by atoms with Gasteiger partial charge in [-0.1, -0.05) is 164 Å². The molecule has 2 nitrogen and oxygen atoms in total. The average molecular weight is 726 g/mol. The fourth-order valence-electron chi connectivity index (χ4n) is 10.9. The Labute approximate surface area is 330 Å². The standard InChI is InChI=1S/C55H35NO/c1-2-14-36(15-3-1)56-49-26-10-6-17-40(49)43-33-32-42-39-16-4-8-23-46(39)55(52(42)53(43)56)47-24-9-5-19-45(47)51-37(20-13-25-48(51)55)34-28-30-35(31-29-34)38-21-12-22-44-41-18-7-11-27-50(41)57-54(38)44/h1-28,30,32-33H,29,31H2. The molecule has 0 amide bonds. The zero-order chi connectivity index (χ0) is 37.2. The first-order valence-electron chi connectivity index (χ1n) is 20.1. The second-order valence-corrected chi connectivity index (χ2v) is 15.8. The van der Waals surface area contributed by atoms with E-state index in [1.807, 2.05) is 6.07 Å². The van der Waals surface area contributed by atoms with Crippen molar-refractivity contribution >= 4 is 54.9 Å². The first-order chi connectivity index (χ1) is 28.3. The van der Waals surface area contributed by atoms with Crippen LogP contribution in [0, 0.1) is 0 Å². The van der Waals surface area contributed by atoms with Crippen LogP contribution in [-0.4, -0.2) is 4.57 Å². The Hall–Kier alpha value is -7.16. The molecule has 266 valence electrons. The molecule has 2 heterocycles. The molecule has 2 aromatic heterocycles. The molecule has 10 aromatic rings. The van der Waals surface area contributed by atoms with Crippen LogP contribution < -0.4 is 0 Å². The van der Waals surface area contributed by atoms with Crippen LogP contribution in [0.2, 0.25) is 0 Å². The van der Waals surface area contributed by atoms with Gasteiger partial charge < -0.3 is 8.98 Å². The summed E-state index contributed by atoms with van der Waals surface area (Å²) >= 11 is 0. The number of rotatable bonds is 3.